The van der Waals surface area contributed by atoms with E-state index >= 15 is 0 Å². The van der Waals surface area contributed by atoms with E-state index in [1.54, 1.807) is 0 Å². The standard InChI is InChI=1S/C8H2BrF4NS/c9-6-2-4(10)1-5(8(11,12)13)7(6)14-3-15/h1-2H. The average Bonchev–Trinajstić information content (AvgIpc) is 2.07. The maximum Gasteiger partial charge on any atom is 0.418 e. The zero-order chi connectivity index (χ0) is 11.6. The molecule has 0 radical (unpaired) electrons. The van der Waals surface area contributed by atoms with E-state index in [1.165, 1.54) is 0 Å². The third-order valence-electron chi connectivity index (χ3n) is 1.49. The Bertz CT molecular complexity index is 437. The fourth-order valence-corrected chi connectivity index (χ4v) is 1.55. The van der Waals surface area contributed by atoms with Crippen LogP contribution in [0.2, 0.25) is 0 Å². The summed E-state index contributed by atoms with van der Waals surface area (Å²) in [4.78, 5) is 3.24. The van der Waals surface area contributed by atoms with E-state index in [4.69, 9.17) is 0 Å². The van der Waals surface area contributed by atoms with Crippen LogP contribution in [0.5, 0.6) is 0 Å². The van der Waals surface area contributed by atoms with Crippen molar-refractivity contribution >= 4 is 39.0 Å². The fraction of sp³-hybridized carbons (Fsp3) is 0.125. The molecular weight excluding hydrogens is 298 g/mol. The van der Waals surface area contributed by atoms with Crippen LogP contribution >= 0.6 is 28.1 Å². The Balaban J connectivity index is 3.54. The molecule has 7 heteroatoms. The Hall–Kier alpha value is -0.780. The van der Waals surface area contributed by atoms with Crippen molar-refractivity contribution in [1.29, 1.82) is 0 Å². The van der Waals surface area contributed by atoms with Gasteiger partial charge in [-0.25, -0.2) is 4.39 Å². The average molecular weight is 300 g/mol. The molecule has 0 bridgehead atoms. The number of aliphatic imine (C=N–C) groups is 1. The van der Waals surface area contributed by atoms with Crippen molar-refractivity contribution < 1.29 is 17.6 Å². The third kappa shape index (κ3) is 2.84. The summed E-state index contributed by atoms with van der Waals surface area (Å²) in [6.45, 7) is 0. The molecule has 1 aromatic carbocycles. The summed E-state index contributed by atoms with van der Waals surface area (Å²) in [5.74, 6) is -1.00. The first-order valence-corrected chi connectivity index (χ1v) is 4.70. The van der Waals surface area contributed by atoms with Gasteiger partial charge in [-0.15, -0.1) is 0 Å². The van der Waals surface area contributed by atoms with Gasteiger partial charge in [-0.3, -0.25) is 0 Å². The summed E-state index contributed by atoms with van der Waals surface area (Å²) in [6.07, 6.45) is -4.68. The van der Waals surface area contributed by atoms with Gasteiger partial charge in [0.05, 0.1) is 10.7 Å². The second-order valence-corrected chi connectivity index (χ2v) is 3.52. The molecule has 0 spiro atoms. The Morgan fingerprint density at radius 2 is 1.93 bits per heavy atom. The van der Waals surface area contributed by atoms with Crippen LogP contribution in [0, 0.1) is 5.82 Å². The Labute approximate surface area is 95.9 Å². The molecule has 0 saturated heterocycles. The minimum Gasteiger partial charge on any atom is -0.207 e. The normalized spacial score (nSPS) is 11.0. The summed E-state index contributed by atoms with van der Waals surface area (Å²) in [5, 5.41) is 1.81. The Morgan fingerprint density at radius 1 is 1.33 bits per heavy atom. The van der Waals surface area contributed by atoms with Gasteiger partial charge < -0.3 is 0 Å². The van der Waals surface area contributed by atoms with Gasteiger partial charge in [-0.2, -0.15) is 18.2 Å². The number of thiocarbonyl (C=S) groups is 1. The molecule has 0 unspecified atom stereocenters. The van der Waals surface area contributed by atoms with Gasteiger partial charge in [0.2, 0.25) is 0 Å². The Kier molecular flexibility index (Phi) is 3.59. The first-order chi connectivity index (χ1) is 6.86. The number of nitrogens with zero attached hydrogens (tertiary/aromatic N) is 1. The van der Waals surface area contributed by atoms with Gasteiger partial charge in [0.1, 0.15) is 11.5 Å². The predicted octanol–water partition coefficient (Wildman–Crippen LogP) is 4.34. The number of isothiocyanates is 1. The molecule has 0 N–H and O–H groups in total. The van der Waals surface area contributed by atoms with Crippen LogP contribution in [0.1, 0.15) is 5.56 Å². The van der Waals surface area contributed by atoms with Crippen molar-refractivity contribution in [3.05, 3.63) is 28.0 Å². The van der Waals surface area contributed by atoms with Gasteiger partial charge in [-0.05, 0) is 40.3 Å². The van der Waals surface area contributed by atoms with E-state index in [-0.39, 0.29) is 4.47 Å². The number of halogens is 5. The van der Waals surface area contributed by atoms with E-state index in [9.17, 15) is 17.6 Å². The lowest BCUT2D eigenvalue weighted by atomic mass is 10.1. The number of alkyl halides is 3. The van der Waals surface area contributed by atoms with E-state index < -0.39 is 23.2 Å². The highest BCUT2D eigenvalue weighted by Gasteiger charge is 2.35. The highest BCUT2D eigenvalue weighted by Crippen LogP contribution is 2.40. The molecule has 1 rings (SSSR count). The van der Waals surface area contributed by atoms with Crippen LogP contribution in [0.4, 0.5) is 23.2 Å². The molecule has 0 amide bonds. The highest BCUT2D eigenvalue weighted by atomic mass is 79.9. The van der Waals surface area contributed by atoms with Crippen LogP contribution in [-0.4, -0.2) is 5.16 Å². The zero-order valence-corrected chi connectivity index (χ0v) is 9.30. The van der Waals surface area contributed by atoms with Crippen molar-refractivity contribution in [1.82, 2.24) is 0 Å². The summed E-state index contributed by atoms with van der Waals surface area (Å²) in [6, 6.07) is 1.23. The monoisotopic (exact) mass is 299 g/mol. The Morgan fingerprint density at radius 3 is 2.40 bits per heavy atom. The maximum atomic E-state index is 12.8. The number of benzene rings is 1. The molecule has 1 aromatic rings. The summed E-state index contributed by atoms with van der Waals surface area (Å²) >= 11 is 6.98. The molecule has 0 heterocycles. The smallest absolute Gasteiger partial charge is 0.207 e. The molecule has 0 aliphatic carbocycles. The van der Waals surface area contributed by atoms with Crippen molar-refractivity contribution in [3.63, 3.8) is 0 Å². The molecule has 0 aliphatic heterocycles. The van der Waals surface area contributed by atoms with Gasteiger partial charge in [-0.1, -0.05) is 0 Å². The summed E-state index contributed by atoms with van der Waals surface area (Å²) < 4.78 is 49.9. The largest absolute Gasteiger partial charge is 0.418 e. The second kappa shape index (κ2) is 4.38. The van der Waals surface area contributed by atoms with Crippen molar-refractivity contribution in [3.8, 4) is 0 Å². The minimum absolute atomic E-state index is 0.118. The lowest BCUT2D eigenvalue weighted by molar-refractivity contribution is -0.137. The summed E-state index contributed by atoms with van der Waals surface area (Å²) in [7, 11) is 0. The molecule has 15 heavy (non-hydrogen) atoms. The van der Waals surface area contributed by atoms with Gasteiger partial charge in [0.15, 0.2) is 0 Å². The molecule has 80 valence electrons. The van der Waals surface area contributed by atoms with E-state index in [0.29, 0.717) is 6.07 Å². The van der Waals surface area contributed by atoms with Gasteiger partial charge >= 0.3 is 6.18 Å². The topological polar surface area (TPSA) is 12.4 Å². The predicted molar refractivity (Wildman–Crippen MR) is 53.8 cm³/mol. The quantitative estimate of drug-likeness (QED) is 0.427. The van der Waals surface area contributed by atoms with E-state index in [1.807, 2.05) is 5.16 Å². The summed E-state index contributed by atoms with van der Waals surface area (Å²) in [5.41, 5.74) is -1.66. The van der Waals surface area contributed by atoms with E-state index in [0.717, 1.165) is 6.07 Å². The third-order valence-corrected chi connectivity index (χ3v) is 2.19. The van der Waals surface area contributed by atoms with Gasteiger partial charge in [0, 0.05) is 4.47 Å². The lowest BCUT2D eigenvalue weighted by Gasteiger charge is -2.10. The minimum atomic E-state index is -4.68. The van der Waals surface area contributed by atoms with E-state index in [2.05, 4.69) is 33.1 Å². The molecule has 0 atom stereocenters. The van der Waals surface area contributed by atoms with Gasteiger partial charge in [0.25, 0.3) is 0 Å². The molecule has 0 fully saturated rings. The second-order valence-electron chi connectivity index (χ2n) is 2.48. The number of hydrogen-bond acceptors (Lipinski definition) is 2. The number of rotatable bonds is 1. The van der Waals surface area contributed by atoms with Crippen LogP contribution in [-0.2, 0) is 6.18 Å². The van der Waals surface area contributed by atoms with Crippen LogP contribution in [0.3, 0.4) is 0 Å². The van der Waals surface area contributed by atoms with Crippen molar-refractivity contribution in [2.24, 2.45) is 4.99 Å². The molecule has 1 nitrogen and oxygen atoms in total. The van der Waals surface area contributed by atoms with Crippen LogP contribution in [0.25, 0.3) is 0 Å². The first-order valence-electron chi connectivity index (χ1n) is 3.50. The number of hydrogen-bond donors (Lipinski definition) is 0. The van der Waals surface area contributed by atoms with Crippen LogP contribution in [0.15, 0.2) is 21.6 Å². The molecule has 0 saturated carbocycles. The van der Waals surface area contributed by atoms with Crippen molar-refractivity contribution in [2.45, 2.75) is 6.18 Å². The molecule has 0 aliphatic rings. The zero-order valence-electron chi connectivity index (χ0n) is 6.90. The highest BCUT2D eigenvalue weighted by molar-refractivity contribution is 9.10. The SMILES string of the molecule is Fc1cc(Br)c(N=C=S)c(C(F)(F)F)c1. The first kappa shape index (κ1) is 12.3. The van der Waals surface area contributed by atoms with Crippen LogP contribution < -0.4 is 0 Å². The maximum absolute atomic E-state index is 12.8. The molecular formula is C8H2BrF4NS. The lowest BCUT2D eigenvalue weighted by Crippen LogP contribution is -2.06. The van der Waals surface area contributed by atoms with Crippen molar-refractivity contribution in [2.75, 3.05) is 0 Å². The fourth-order valence-electron chi connectivity index (χ4n) is 0.941. The molecule has 0 aromatic heterocycles.